The quantitative estimate of drug-likeness (QED) is 0.783. The molecule has 1 atom stereocenters. The lowest BCUT2D eigenvalue weighted by atomic mass is 10.0. The molecule has 0 fully saturated rings. The van der Waals surface area contributed by atoms with E-state index in [4.69, 9.17) is 5.73 Å². The molecule has 0 amide bonds. The van der Waals surface area contributed by atoms with Gasteiger partial charge in [0.25, 0.3) is 0 Å². The Bertz CT molecular complexity index is 336. The predicted octanol–water partition coefficient (Wildman–Crippen LogP) is 2.65. The van der Waals surface area contributed by atoms with Gasteiger partial charge in [-0.05, 0) is 24.6 Å². The molecule has 0 aliphatic rings. The standard InChI is InChI=1S/C10H12BrNO/c1-3-9(12)7-5-8(11)6(2)4-10(7)13/h3-5,9,13H,1,12H2,2H3/t9-/m0/s1. The number of nitrogens with two attached hydrogens (primary N) is 1. The van der Waals surface area contributed by atoms with Crippen LogP contribution < -0.4 is 5.73 Å². The molecule has 0 aromatic heterocycles. The zero-order valence-corrected chi connectivity index (χ0v) is 9.01. The summed E-state index contributed by atoms with van der Waals surface area (Å²) in [7, 11) is 0. The van der Waals surface area contributed by atoms with Crippen LogP contribution in [-0.2, 0) is 0 Å². The van der Waals surface area contributed by atoms with Gasteiger partial charge in [-0.2, -0.15) is 0 Å². The van der Waals surface area contributed by atoms with Crippen molar-refractivity contribution in [1.29, 1.82) is 0 Å². The van der Waals surface area contributed by atoms with Gasteiger partial charge in [-0.3, -0.25) is 0 Å². The first-order chi connectivity index (χ1) is 6.06. The van der Waals surface area contributed by atoms with E-state index in [-0.39, 0.29) is 11.8 Å². The minimum atomic E-state index is -0.322. The fourth-order valence-electron chi connectivity index (χ4n) is 1.08. The van der Waals surface area contributed by atoms with Crippen LogP contribution in [0.25, 0.3) is 0 Å². The highest BCUT2D eigenvalue weighted by atomic mass is 79.9. The smallest absolute Gasteiger partial charge is 0.121 e. The van der Waals surface area contributed by atoms with Crippen LogP contribution >= 0.6 is 15.9 Å². The summed E-state index contributed by atoms with van der Waals surface area (Å²) in [5, 5.41) is 9.57. The van der Waals surface area contributed by atoms with Gasteiger partial charge in [0.05, 0.1) is 6.04 Å². The molecule has 0 heterocycles. The molecular formula is C10H12BrNO. The Morgan fingerprint density at radius 2 is 2.23 bits per heavy atom. The molecule has 2 nitrogen and oxygen atoms in total. The van der Waals surface area contributed by atoms with E-state index in [9.17, 15) is 5.11 Å². The Morgan fingerprint density at radius 3 is 2.77 bits per heavy atom. The molecule has 0 bridgehead atoms. The van der Waals surface area contributed by atoms with Gasteiger partial charge >= 0.3 is 0 Å². The normalized spacial score (nSPS) is 12.5. The van der Waals surface area contributed by atoms with Crippen molar-refractivity contribution >= 4 is 15.9 Å². The Balaban J connectivity index is 3.22. The summed E-state index contributed by atoms with van der Waals surface area (Å²) in [6, 6.07) is 3.18. The van der Waals surface area contributed by atoms with Gasteiger partial charge in [-0.25, -0.2) is 0 Å². The van der Waals surface area contributed by atoms with E-state index >= 15 is 0 Å². The van der Waals surface area contributed by atoms with Gasteiger partial charge < -0.3 is 10.8 Å². The first kappa shape index (κ1) is 10.3. The molecule has 1 aromatic rings. The van der Waals surface area contributed by atoms with Crippen molar-refractivity contribution in [3.05, 3.63) is 40.4 Å². The average Bonchev–Trinajstić information content (AvgIpc) is 2.10. The summed E-state index contributed by atoms with van der Waals surface area (Å²) in [6.45, 7) is 5.49. The van der Waals surface area contributed by atoms with E-state index in [2.05, 4.69) is 22.5 Å². The number of benzene rings is 1. The summed E-state index contributed by atoms with van der Waals surface area (Å²) < 4.78 is 0.942. The Morgan fingerprint density at radius 1 is 1.62 bits per heavy atom. The van der Waals surface area contributed by atoms with Crippen molar-refractivity contribution in [2.24, 2.45) is 5.73 Å². The van der Waals surface area contributed by atoms with Gasteiger partial charge in [0.15, 0.2) is 0 Å². The summed E-state index contributed by atoms with van der Waals surface area (Å²) in [5.74, 6) is 0.216. The van der Waals surface area contributed by atoms with E-state index in [0.717, 1.165) is 10.0 Å². The van der Waals surface area contributed by atoms with Crippen molar-refractivity contribution in [1.82, 2.24) is 0 Å². The zero-order valence-electron chi connectivity index (χ0n) is 7.42. The highest BCUT2D eigenvalue weighted by Crippen LogP contribution is 2.29. The fraction of sp³-hybridized carbons (Fsp3) is 0.200. The second kappa shape index (κ2) is 3.94. The Hall–Kier alpha value is -0.800. The van der Waals surface area contributed by atoms with Gasteiger partial charge in [-0.15, -0.1) is 6.58 Å². The summed E-state index contributed by atoms with van der Waals surface area (Å²) in [4.78, 5) is 0. The number of rotatable bonds is 2. The monoisotopic (exact) mass is 241 g/mol. The van der Waals surface area contributed by atoms with Crippen LogP contribution in [-0.4, -0.2) is 5.11 Å². The minimum absolute atomic E-state index is 0.216. The minimum Gasteiger partial charge on any atom is -0.508 e. The van der Waals surface area contributed by atoms with Gasteiger partial charge in [0.1, 0.15) is 5.75 Å². The van der Waals surface area contributed by atoms with E-state index < -0.39 is 0 Å². The molecular weight excluding hydrogens is 230 g/mol. The molecule has 1 rings (SSSR count). The second-order valence-corrected chi connectivity index (χ2v) is 3.78. The first-order valence-corrected chi connectivity index (χ1v) is 4.72. The topological polar surface area (TPSA) is 46.2 Å². The number of aromatic hydroxyl groups is 1. The molecule has 0 spiro atoms. The van der Waals surface area contributed by atoms with Crippen molar-refractivity contribution < 1.29 is 5.11 Å². The van der Waals surface area contributed by atoms with Crippen LogP contribution in [0.1, 0.15) is 17.2 Å². The molecule has 0 aliphatic carbocycles. The predicted molar refractivity (Wildman–Crippen MR) is 57.7 cm³/mol. The maximum absolute atomic E-state index is 9.57. The van der Waals surface area contributed by atoms with Crippen LogP contribution in [0.5, 0.6) is 5.75 Å². The van der Waals surface area contributed by atoms with Crippen LogP contribution in [0.4, 0.5) is 0 Å². The molecule has 13 heavy (non-hydrogen) atoms. The van der Waals surface area contributed by atoms with Crippen LogP contribution in [0.15, 0.2) is 29.3 Å². The van der Waals surface area contributed by atoms with E-state index in [1.54, 1.807) is 12.1 Å². The Labute approximate surface area is 86.2 Å². The summed E-state index contributed by atoms with van der Waals surface area (Å²) >= 11 is 3.38. The third-order valence-corrected chi connectivity index (χ3v) is 2.78. The maximum atomic E-state index is 9.57. The van der Waals surface area contributed by atoms with Gasteiger partial charge in [0.2, 0.25) is 0 Å². The molecule has 0 saturated heterocycles. The summed E-state index contributed by atoms with van der Waals surface area (Å²) in [5.41, 5.74) is 7.39. The Kier molecular flexibility index (Phi) is 3.12. The molecule has 0 aliphatic heterocycles. The van der Waals surface area contributed by atoms with E-state index in [1.165, 1.54) is 0 Å². The number of hydrogen-bond donors (Lipinski definition) is 2. The SMILES string of the molecule is C=C[C@H](N)c1cc(Br)c(C)cc1O. The van der Waals surface area contributed by atoms with Crippen molar-refractivity contribution in [2.45, 2.75) is 13.0 Å². The van der Waals surface area contributed by atoms with Crippen LogP contribution in [0.2, 0.25) is 0 Å². The van der Waals surface area contributed by atoms with E-state index in [1.807, 2.05) is 13.0 Å². The zero-order chi connectivity index (χ0) is 10.0. The van der Waals surface area contributed by atoms with Gasteiger partial charge in [-0.1, -0.05) is 22.0 Å². The van der Waals surface area contributed by atoms with Crippen LogP contribution in [0, 0.1) is 6.92 Å². The molecule has 0 radical (unpaired) electrons. The van der Waals surface area contributed by atoms with Crippen molar-refractivity contribution in [2.75, 3.05) is 0 Å². The first-order valence-electron chi connectivity index (χ1n) is 3.93. The third-order valence-electron chi connectivity index (χ3n) is 1.92. The number of halogens is 1. The lowest BCUT2D eigenvalue weighted by Gasteiger charge is -2.10. The summed E-state index contributed by atoms with van der Waals surface area (Å²) in [6.07, 6.45) is 1.59. The molecule has 3 heteroatoms. The molecule has 70 valence electrons. The van der Waals surface area contributed by atoms with E-state index in [0.29, 0.717) is 5.56 Å². The maximum Gasteiger partial charge on any atom is 0.121 e. The number of phenols is 1. The lowest BCUT2D eigenvalue weighted by molar-refractivity contribution is 0.465. The largest absolute Gasteiger partial charge is 0.508 e. The molecule has 3 N–H and O–H groups in total. The molecule has 0 saturated carbocycles. The van der Waals surface area contributed by atoms with Crippen molar-refractivity contribution in [3.63, 3.8) is 0 Å². The number of phenolic OH excluding ortho intramolecular Hbond substituents is 1. The highest BCUT2D eigenvalue weighted by molar-refractivity contribution is 9.10. The third kappa shape index (κ3) is 2.11. The van der Waals surface area contributed by atoms with Gasteiger partial charge in [0, 0.05) is 10.0 Å². The second-order valence-electron chi connectivity index (χ2n) is 2.92. The fourth-order valence-corrected chi connectivity index (χ4v) is 1.44. The molecule has 0 unspecified atom stereocenters. The average molecular weight is 242 g/mol. The number of hydrogen-bond acceptors (Lipinski definition) is 2. The van der Waals surface area contributed by atoms with Crippen molar-refractivity contribution in [3.8, 4) is 5.75 Å². The molecule has 1 aromatic carbocycles. The number of aryl methyl sites for hydroxylation is 1. The highest BCUT2D eigenvalue weighted by Gasteiger charge is 2.09. The van der Waals surface area contributed by atoms with Crippen LogP contribution in [0.3, 0.4) is 0 Å². The lowest BCUT2D eigenvalue weighted by Crippen LogP contribution is -2.06.